The summed E-state index contributed by atoms with van der Waals surface area (Å²) in [6.07, 6.45) is 1.60. The molecule has 3 rings (SSSR count). The molecule has 7 nitrogen and oxygen atoms in total. The number of thiophene rings is 1. The standard InChI is InChI=1S/C29H37N5O2S/c1-6-34(7-2)16-15-33(5)19-24-9-8-10-25(17-24)28(35)31-26-22(4)20-37-27(26)29(36)32-30-18-23-13-11-21(3)12-14-23/h8-14,17-18,20H,6-7,15-16,19H2,1-5H3,(H,31,35)(H,32,36)/b30-18+. The largest absolute Gasteiger partial charge is 0.320 e. The minimum Gasteiger partial charge on any atom is -0.320 e. The van der Waals surface area contributed by atoms with E-state index in [1.165, 1.54) is 11.3 Å². The molecule has 8 heteroatoms. The number of carbonyl (C=O) groups excluding carboxylic acids is 2. The van der Waals surface area contributed by atoms with Gasteiger partial charge in [-0.2, -0.15) is 5.10 Å². The molecule has 0 fully saturated rings. The van der Waals surface area contributed by atoms with Gasteiger partial charge >= 0.3 is 0 Å². The molecule has 0 saturated carbocycles. The molecule has 0 spiro atoms. The van der Waals surface area contributed by atoms with Crippen LogP contribution in [0.2, 0.25) is 0 Å². The molecule has 0 aliphatic rings. The average molecular weight is 520 g/mol. The number of hydrazone groups is 1. The lowest BCUT2D eigenvalue weighted by Gasteiger charge is -2.23. The Balaban J connectivity index is 1.63. The van der Waals surface area contributed by atoms with Crippen molar-refractivity contribution in [3.8, 4) is 0 Å². The highest BCUT2D eigenvalue weighted by Crippen LogP contribution is 2.28. The Morgan fingerprint density at radius 3 is 2.43 bits per heavy atom. The van der Waals surface area contributed by atoms with Gasteiger partial charge in [-0.25, -0.2) is 5.43 Å². The number of benzene rings is 2. The molecule has 37 heavy (non-hydrogen) atoms. The Kier molecular flexibility index (Phi) is 10.6. The maximum atomic E-state index is 13.1. The van der Waals surface area contributed by atoms with E-state index in [1.54, 1.807) is 12.3 Å². The summed E-state index contributed by atoms with van der Waals surface area (Å²) in [4.78, 5) is 31.0. The second kappa shape index (κ2) is 13.8. The van der Waals surface area contributed by atoms with Gasteiger partial charge < -0.3 is 15.1 Å². The summed E-state index contributed by atoms with van der Waals surface area (Å²) in [6.45, 7) is 13.1. The summed E-state index contributed by atoms with van der Waals surface area (Å²) in [6, 6.07) is 15.5. The molecule has 0 atom stereocenters. The van der Waals surface area contributed by atoms with Crippen LogP contribution in [0.15, 0.2) is 59.0 Å². The monoisotopic (exact) mass is 519 g/mol. The first-order valence-corrected chi connectivity index (χ1v) is 13.5. The Bertz CT molecular complexity index is 1220. The van der Waals surface area contributed by atoms with Crippen molar-refractivity contribution in [2.24, 2.45) is 5.10 Å². The second-order valence-corrected chi connectivity index (χ2v) is 10.0. The van der Waals surface area contributed by atoms with Crippen molar-refractivity contribution < 1.29 is 9.59 Å². The number of anilines is 1. The Labute approximate surface area is 224 Å². The highest BCUT2D eigenvalue weighted by Gasteiger charge is 2.19. The van der Waals surface area contributed by atoms with Crippen molar-refractivity contribution in [1.29, 1.82) is 0 Å². The van der Waals surface area contributed by atoms with Crippen LogP contribution in [0.25, 0.3) is 0 Å². The number of nitrogens with zero attached hydrogens (tertiary/aromatic N) is 3. The van der Waals surface area contributed by atoms with Crippen LogP contribution in [0.5, 0.6) is 0 Å². The second-order valence-electron chi connectivity index (χ2n) is 9.15. The van der Waals surface area contributed by atoms with E-state index in [9.17, 15) is 9.59 Å². The maximum Gasteiger partial charge on any atom is 0.283 e. The average Bonchev–Trinajstić information content (AvgIpc) is 3.25. The molecule has 2 aromatic carbocycles. The van der Waals surface area contributed by atoms with Crippen LogP contribution >= 0.6 is 11.3 Å². The number of aryl methyl sites for hydroxylation is 2. The first-order valence-electron chi connectivity index (χ1n) is 12.6. The number of nitrogens with one attached hydrogen (secondary N) is 2. The van der Waals surface area contributed by atoms with Gasteiger partial charge in [0.2, 0.25) is 0 Å². The Morgan fingerprint density at radius 2 is 1.73 bits per heavy atom. The maximum absolute atomic E-state index is 13.1. The first-order chi connectivity index (χ1) is 17.8. The van der Waals surface area contributed by atoms with Gasteiger partial charge in [-0.3, -0.25) is 9.59 Å². The van der Waals surface area contributed by atoms with Crippen LogP contribution in [0.3, 0.4) is 0 Å². The normalized spacial score (nSPS) is 11.4. The minimum absolute atomic E-state index is 0.244. The lowest BCUT2D eigenvalue weighted by molar-refractivity contribution is 0.0960. The van der Waals surface area contributed by atoms with E-state index in [0.717, 1.165) is 55.0 Å². The van der Waals surface area contributed by atoms with Gasteiger partial charge in [0.1, 0.15) is 4.88 Å². The molecule has 1 aromatic heterocycles. The predicted octanol–water partition coefficient (Wildman–Crippen LogP) is 5.15. The van der Waals surface area contributed by atoms with E-state index >= 15 is 0 Å². The van der Waals surface area contributed by atoms with Crippen LogP contribution in [-0.4, -0.2) is 61.1 Å². The lowest BCUT2D eigenvalue weighted by Crippen LogP contribution is -2.32. The van der Waals surface area contributed by atoms with Crippen molar-refractivity contribution in [3.05, 3.63) is 86.6 Å². The third-order valence-corrected chi connectivity index (χ3v) is 7.31. The summed E-state index contributed by atoms with van der Waals surface area (Å²) in [5.74, 6) is -0.605. The quantitative estimate of drug-likeness (QED) is 0.256. The Morgan fingerprint density at radius 1 is 1.00 bits per heavy atom. The smallest absolute Gasteiger partial charge is 0.283 e. The predicted molar refractivity (Wildman–Crippen MR) is 154 cm³/mol. The molecular formula is C29H37N5O2S. The zero-order valence-corrected chi connectivity index (χ0v) is 23.2. The molecular weight excluding hydrogens is 482 g/mol. The molecule has 0 bridgehead atoms. The summed E-state index contributed by atoms with van der Waals surface area (Å²) < 4.78 is 0. The van der Waals surface area contributed by atoms with E-state index in [2.05, 4.69) is 46.5 Å². The van der Waals surface area contributed by atoms with Gasteiger partial charge in [0.15, 0.2) is 0 Å². The molecule has 2 N–H and O–H groups in total. The fraction of sp³-hybridized carbons (Fsp3) is 0.345. The third kappa shape index (κ3) is 8.35. The first kappa shape index (κ1) is 28.2. The van der Waals surface area contributed by atoms with Crippen LogP contribution in [0.1, 0.15) is 56.1 Å². The zero-order valence-electron chi connectivity index (χ0n) is 22.4. The number of hydrogen-bond acceptors (Lipinski definition) is 6. The van der Waals surface area contributed by atoms with Crippen LogP contribution in [0.4, 0.5) is 5.69 Å². The molecule has 196 valence electrons. The van der Waals surface area contributed by atoms with Crippen LogP contribution in [0, 0.1) is 13.8 Å². The molecule has 0 aliphatic carbocycles. The third-order valence-electron chi connectivity index (χ3n) is 6.21. The van der Waals surface area contributed by atoms with Gasteiger partial charge in [-0.1, -0.05) is 55.8 Å². The van der Waals surface area contributed by atoms with Gasteiger partial charge in [0, 0.05) is 25.2 Å². The van der Waals surface area contributed by atoms with Crippen molar-refractivity contribution in [3.63, 3.8) is 0 Å². The van der Waals surface area contributed by atoms with Crippen molar-refractivity contribution in [2.45, 2.75) is 34.2 Å². The number of amides is 2. The summed E-state index contributed by atoms with van der Waals surface area (Å²) >= 11 is 1.28. The van der Waals surface area contributed by atoms with Crippen molar-refractivity contribution in [2.75, 3.05) is 38.5 Å². The van der Waals surface area contributed by atoms with Gasteiger partial charge in [-0.15, -0.1) is 11.3 Å². The number of hydrogen-bond donors (Lipinski definition) is 2. The van der Waals surface area contributed by atoms with Crippen molar-refractivity contribution >= 4 is 35.1 Å². The van der Waals surface area contributed by atoms with Crippen molar-refractivity contribution in [1.82, 2.24) is 15.2 Å². The zero-order chi connectivity index (χ0) is 26.8. The molecule has 3 aromatic rings. The SMILES string of the molecule is CCN(CC)CCN(C)Cc1cccc(C(=O)Nc2c(C)csc2C(=O)N/N=C/c2ccc(C)cc2)c1. The number of carbonyl (C=O) groups is 2. The van der Waals surface area contributed by atoms with E-state index in [0.29, 0.717) is 16.1 Å². The van der Waals surface area contributed by atoms with Gasteiger partial charge in [-0.05, 0) is 68.2 Å². The van der Waals surface area contributed by atoms with E-state index in [1.807, 2.05) is 61.7 Å². The van der Waals surface area contributed by atoms with Gasteiger partial charge in [0.05, 0.1) is 11.9 Å². The summed E-state index contributed by atoms with van der Waals surface area (Å²) in [7, 11) is 2.09. The molecule has 0 saturated heterocycles. The van der Waals surface area contributed by atoms with E-state index < -0.39 is 0 Å². The fourth-order valence-corrected chi connectivity index (χ4v) is 4.77. The number of rotatable bonds is 12. The highest BCUT2D eigenvalue weighted by atomic mass is 32.1. The molecule has 0 radical (unpaired) electrons. The fourth-order valence-electron chi connectivity index (χ4n) is 3.87. The van der Waals surface area contributed by atoms with E-state index in [-0.39, 0.29) is 11.8 Å². The molecule has 0 unspecified atom stereocenters. The van der Waals surface area contributed by atoms with E-state index in [4.69, 9.17) is 0 Å². The van der Waals surface area contributed by atoms with Crippen LogP contribution in [-0.2, 0) is 6.54 Å². The molecule has 0 aliphatic heterocycles. The Hall–Kier alpha value is -3.33. The lowest BCUT2D eigenvalue weighted by atomic mass is 10.1. The van der Waals surface area contributed by atoms with Crippen LogP contribution < -0.4 is 10.7 Å². The topological polar surface area (TPSA) is 77.0 Å². The summed E-state index contributed by atoms with van der Waals surface area (Å²) in [5, 5.41) is 8.87. The van der Waals surface area contributed by atoms with Gasteiger partial charge in [0.25, 0.3) is 11.8 Å². The highest BCUT2D eigenvalue weighted by molar-refractivity contribution is 7.13. The summed E-state index contributed by atoms with van der Waals surface area (Å²) in [5.41, 5.74) is 7.59. The molecule has 2 amide bonds. The molecule has 1 heterocycles. The number of likely N-dealkylation sites (N-methyl/N-ethyl adjacent to an activating group) is 2. The minimum atomic E-state index is -0.361.